The molecule has 174 valence electrons. The van der Waals surface area contributed by atoms with Gasteiger partial charge in [0.1, 0.15) is 5.67 Å². The van der Waals surface area contributed by atoms with Gasteiger partial charge in [-0.2, -0.15) is 0 Å². The molecule has 0 unspecified atom stereocenters. The zero-order valence-corrected chi connectivity index (χ0v) is 19.8. The quantitative estimate of drug-likeness (QED) is 0.545. The Balaban J connectivity index is 1.50. The van der Waals surface area contributed by atoms with Crippen molar-refractivity contribution in [3.8, 4) is 11.4 Å². The van der Waals surface area contributed by atoms with Crippen LogP contribution in [0.1, 0.15) is 17.3 Å². The first-order valence-electron chi connectivity index (χ1n) is 10.0. The molecule has 2 aromatic heterocycles. The van der Waals surface area contributed by atoms with E-state index in [1.807, 2.05) is 17.0 Å². The lowest BCUT2D eigenvalue weighted by atomic mass is 9.98. The average Bonchev–Trinajstić information content (AvgIpc) is 3.06. The number of alkyl halides is 1. The molecule has 2 N–H and O–H groups in total. The van der Waals surface area contributed by atoms with Crippen LogP contribution in [0.3, 0.4) is 0 Å². The highest BCUT2D eigenvalue weighted by molar-refractivity contribution is 7.92. The van der Waals surface area contributed by atoms with E-state index in [-0.39, 0.29) is 16.6 Å². The molecule has 33 heavy (non-hydrogen) atoms. The number of nitrogens with zero attached hydrogens (tertiary/aromatic N) is 3. The van der Waals surface area contributed by atoms with Crippen molar-refractivity contribution in [1.82, 2.24) is 9.55 Å². The predicted octanol–water partition coefficient (Wildman–Crippen LogP) is 3.91. The van der Waals surface area contributed by atoms with Crippen molar-refractivity contribution in [1.29, 1.82) is 0 Å². The Labute approximate surface area is 196 Å². The molecule has 1 aliphatic rings. The Hall–Kier alpha value is -3.11. The van der Waals surface area contributed by atoms with Crippen molar-refractivity contribution >= 4 is 44.6 Å². The number of carbonyl (C=O) groups is 1. The van der Waals surface area contributed by atoms with E-state index in [1.54, 1.807) is 37.0 Å². The van der Waals surface area contributed by atoms with E-state index in [1.165, 1.54) is 18.2 Å². The SMILES string of the molecule is Cn1cc(C(=O)Nc2cc(Cl)cc(NS(C)(=O)=O)c2)cc1-c1ccc(N2CC(C)(F)C2)cn1. The molecule has 0 bridgehead atoms. The van der Waals surface area contributed by atoms with Gasteiger partial charge in [-0.1, -0.05) is 11.6 Å². The monoisotopic (exact) mass is 491 g/mol. The largest absolute Gasteiger partial charge is 0.364 e. The summed E-state index contributed by atoms with van der Waals surface area (Å²) in [6.45, 7) is 2.26. The standard InChI is InChI=1S/C22H23ClFN5O3S/c1-22(24)12-29(13-22)18-4-5-19(25-10-18)20-6-14(11-28(20)2)21(30)26-16-7-15(23)8-17(9-16)27-33(3,31)32/h4-11,27H,12-13H2,1-3H3,(H,26,30). The number of amides is 1. The summed E-state index contributed by atoms with van der Waals surface area (Å²) in [7, 11) is -1.69. The zero-order valence-electron chi connectivity index (χ0n) is 18.3. The molecule has 1 saturated heterocycles. The van der Waals surface area contributed by atoms with Crippen molar-refractivity contribution in [2.24, 2.45) is 7.05 Å². The van der Waals surface area contributed by atoms with Crippen LogP contribution >= 0.6 is 11.6 Å². The van der Waals surface area contributed by atoms with Crippen molar-refractivity contribution < 1.29 is 17.6 Å². The minimum Gasteiger partial charge on any atom is -0.364 e. The Morgan fingerprint density at radius 3 is 2.48 bits per heavy atom. The van der Waals surface area contributed by atoms with Gasteiger partial charge in [0, 0.05) is 24.0 Å². The second kappa shape index (κ2) is 8.35. The third-order valence-electron chi connectivity index (χ3n) is 5.14. The summed E-state index contributed by atoms with van der Waals surface area (Å²) < 4.78 is 40.8. The van der Waals surface area contributed by atoms with Crippen molar-refractivity contribution in [3.05, 3.63) is 59.4 Å². The fourth-order valence-corrected chi connectivity index (χ4v) is 4.52. The summed E-state index contributed by atoms with van der Waals surface area (Å²) in [6.07, 6.45) is 4.39. The van der Waals surface area contributed by atoms with Gasteiger partial charge in [-0.3, -0.25) is 14.5 Å². The fraction of sp³-hybridized carbons (Fsp3) is 0.273. The van der Waals surface area contributed by atoms with Crippen LogP contribution in [0.15, 0.2) is 48.8 Å². The number of sulfonamides is 1. The number of aromatic nitrogens is 2. The Morgan fingerprint density at radius 1 is 1.18 bits per heavy atom. The van der Waals surface area contributed by atoms with E-state index in [2.05, 4.69) is 15.0 Å². The summed E-state index contributed by atoms with van der Waals surface area (Å²) in [5.41, 5.74) is 2.08. The number of pyridine rings is 1. The van der Waals surface area contributed by atoms with E-state index in [4.69, 9.17) is 11.6 Å². The van der Waals surface area contributed by atoms with Gasteiger partial charge in [0.25, 0.3) is 5.91 Å². The minimum absolute atomic E-state index is 0.244. The van der Waals surface area contributed by atoms with Crippen molar-refractivity contribution in [2.75, 3.05) is 34.3 Å². The molecule has 11 heteroatoms. The zero-order chi connectivity index (χ0) is 24.0. The summed E-state index contributed by atoms with van der Waals surface area (Å²) in [6, 6.07) is 9.87. The number of hydrogen-bond acceptors (Lipinski definition) is 5. The number of aryl methyl sites for hydroxylation is 1. The molecule has 1 amide bonds. The first-order chi connectivity index (χ1) is 15.4. The molecule has 0 saturated carbocycles. The summed E-state index contributed by atoms with van der Waals surface area (Å²) in [5.74, 6) is -0.385. The first kappa shape index (κ1) is 23.1. The van der Waals surface area contributed by atoms with Crippen LogP contribution in [0.25, 0.3) is 11.4 Å². The van der Waals surface area contributed by atoms with E-state index < -0.39 is 15.7 Å². The van der Waals surface area contributed by atoms with Crippen LogP contribution in [-0.2, 0) is 17.1 Å². The smallest absolute Gasteiger partial charge is 0.257 e. The maximum atomic E-state index is 13.7. The summed E-state index contributed by atoms with van der Waals surface area (Å²) in [5, 5.41) is 3.00. The molecular formula is C22H23ClFN5O3S. The second-order valence-electron chi connectivity index (χ2n) is 8.45. The number of carbonyl (C=O) groups excluding carboxylic acids is 1. The van der Waals surface area contributed by atoms with Gasteiger partial charge < -0.3 is 14.8 Å². The van der Waals surface area contributed by atoms with Crippen LogP contribution < -0.4 is 14.9 Å². The normalized spacial score (nSPS) is 15.1. The summed E-state index contributed by atoms with van der Waals surface area (Å²) >= 11 is 6.06. The Morgan fingerprint density at radius 2 is 1.88 bits per heavy atom. The van der Waals surface area contributed by atoms with Crippen LogP contribution in [-0.4, -0.2) is 48.9 Å². The number of nitrogens with one attached hydrogen (secondary N) is 2. The topological polar surface area (TPSA) is 96.3 Å². The molecular weight excluding hydrogens is 469 g/mol. The molecule has 0 atom stereocenters. The third kappa shape index (κ3) is 5.45. The van der Waals surface area contributed by atoms with E-state index >= 15 is 0 Å². The highest BCUT2D eigenvalue weighted by Crippen LogP contribution is 2.31. The average molecular weight is 492 g/mol. The number of hydrogen-bond donors (Lipinski definition) is 2. The highest BCUT2D eigenvalue weighted by Gasteiger charge is 2.38. The molecule has 3 aromatic rings. The number of halogens is 2. The van der Waals surface area contributed by atoms with Crippen LogP contribution in [0.5, 0.6) is 0 Å². The Kier molecular flexibility index (Phi) is 5.83. The van der Waals surface area contributed by atoms with Crippen molar-refractivity contribution in [2.45, 2.75) is 12.6 Å². The van der Waals surface area contributed by atoms with Crippen molar-refractivity contribution in [3.63, 3.8) is 0 Å². The van der Waals surface area contributed by atoms with Gasteiger partial charge in [0.2, 0.25) is 10.0 Å². The van der Waals surface area contributed by atoms with Gasteiger partial charge in [-0.05, 0) is 43.3 Å². The lowest BCUT2D eigenvalue weighted by molar-refractivity contribution is 0.102. The first-order valence-corrected chi connectivity index (χ1v) is 12.3. The molecule has 0 radical (unpaired) electrons. The number of anilines is 3. The van der Waals surface area contributed by atoms with E-state index in [9.17, 15) is 17.6 Å². The Bertz CT molecular complexity index is 1310. The number of rotatable bonds is 6. The van der Waals surface area contributed by atoms with Crippen LogP contribution in [0.2, 0.25) is 5.02 Å². The fourth-order valence-electron chi connectivity index (χ4n) is 3.74. The molecule has 1 aliphatic heterocycles. The maximum absolute atomic E-state index is 13.7. The van der Waals surface area contributed by atoms with E-state index in [0.29, 0.717) is 30.0 Å². The molecule has 1 fully saturated rings. The summed E-state index contributed by atoms with van der Waals surface area (Å²) in [4.78, 5) is 19.2. The minimum atomic E-state index is -3.49. The van der Waals surface area contributed by atoms with Crippen LogP contribution in [0.4, 0.5) is 21.5 Å². The molecule has 4 rings (SSSR count). The second-order valence-corrected chi connectivity index (χ2v) is 10.6. The number of benzene rings is 1. The molecule has 3 heterocycles. The van der Waals surface area contributed by atoms with E-state index in [0.717, 1.165) is 17.6 Å². The maximum Gasteiger partial charge on any atom is 0.257 e. The molecule has 0 spiro atoms. The van der Waals surface area contributed by atoms with Crippen LogP contribution in [0, 0.1) is 0 Å². The molecule has 0 aliphatic carbocycles. The molecule has 1 aromatic carbocycles. The van der Waals surface area contributed by atoms with Gasteiger partial charge >= 0.3 is 0 Å². The van der Waals surface area contributed by atoms with Gasteiger partial charge in [-0.15, -0.1) is 0 Å². The predicted molar refractivity (Wildman–Crippen MR) is 128 cm³/mol. The lowest BCUT2D eigenvalue weighted by Crippen LogP contribution is -2.57. The molecule has 8 nitrogen and oxygen atoms in total. The third-order valence-corrected chi connectivity index (χ3v) is 5.97. The van der Waals surface area contributed by atoms with Gasteiger partial charge in [0.15, 0.2) is 0 Å². The highest BCUT2D eigenvalue weighted by atomic mass is 35.5. The van der Waals surface area contributed by atoms with Gasteiger partial charge in [-0.25, -0.2) is 12.8 Å². The van der Waals surface area contributed by atoms with Gasteiger partial charge in [0.05, 0.1) is 53.9 Å². The lowest BCUT2D eigenvalue weighted by Gasteiger charge is -2.43.